The lowest BCUT2D eigenvalue weighted by molar-refractivity contribution is 0.267. The molecule has 0 bridgehead atoms. The average Bonchev–Trinajstić information content (AvgIpc) is 2.38. The molecule has 0 radical (unpaired) electrons. The van der Waals surface area contributed by atoms with E-state index in [-0.39, 0.29) is 0 Å². The maximum absolute atomic E-state index is 9.14. The van der Waals surface area contributed by atoms with E-state index in [1.54, 1.807) is 0 Å². The number of hydrogen-bond donors (Lipinski definition) is 1. The molecule has 17 heavy (non-hydrogen) atoms. The Kier molecular flexibility index (Phi) is 5.51. The molecule has 1 atom stereocenters. The minimum Gasteiger partial charge on any atom is -0.493 e. The molecule has 3 heteroatoms. The Morgan fingerprint density at radius 2 is 2.06 bits per heavy atom. The van der Waals surface area contributed by atoms with Gasteiger partial charge in [-0.3, -0.25) is 5.32 Å². The van der Waals surface area contributed by atoms with Crippen LogP contribution in [0.25, 0.3) is 0 Å². The van der Waals surface area contributed by atoms with Gasteiger partial charge in [0.2, 0.25) is 0 Å². The van der Waals surface area contributed by atoms with Crippen molar-refractivity contribution >= 4 is 0 Å². The third kappa shape index (κ3) is 4.88. The van der Waals surface area contributed by atoms with Gasteiger partial charge in [-0.1, -0.05) is 25.1 Å². The fourth-order valence-corrected chi connectivity index (χ4v) is 1.47. The van der Waals surface area contributed by atoms with Gasteiger partial charge in [0.05, 0.1) is 12.7 Å². The fourth-order valence-electron chi connectivity index (χ4n) is 1.47. The molecule has 0 aromatic heterocycles. The Bertz CT molecular complexity index is 358. The molecule has 1 aromatic carbocycles. The van der Waals surface area contributed by atoms with E-state index in [2.05, 4.69) is 18.3 Å². The van der Waals surface area contributed by atoms with Gasteiger partial charge in [0, 0.05) is 6.42 Å². The third-order valence-corrected chi connectivity index (χ3v) is 2.63. The van der Waals surface area contributed by atoms with E-state index in [9.17, 15) is 0 Å². The number of nitrogens with one attached hydrogen (secondary N) is 1. The minimum absolute atomic E-state index is 0.495. The molecular formula is C14H20N2O. The number of benzene rings is 1. The molecule has 1 aromatic rings. The van der Waals surface area contributed by atoms with Crippen LogP contribution in [0.15, 0.2) is 30.3 Å². The summed E-state index contributed by atoms with van der Waals surface area (Å²) in [4.78, 5) is 0. The van der Waals surface area contributed by atoms with Crippen LogP contribution in [-0.2, 0) is 0 Å². The molecule has 0 spiro atoms. The third-order valence-electron chi connectivity index (χ3n) is 2.63. The van der Waals surface area contributed by atoms with Crippen molar-refractivity contribution in [2.75, 3.05) is 13.2 Å². The Morgan fingerprint density at radius 1 is 1.35 bits per heavy atom. The summed E-state index contributed by atoms with van der Waals surface area (Å²) in [5, 5.41) is 12.4. The monoisotopic (exact) mass is 232 g/mol. The molecule has 0 saturated heterocycles. The molecule has 1 rings (SSSR count). The zero-order valence-corrected chi connectivity index (χ0v) is 10.6. The summed E-state index contributed by atoms with van der Waals surface area (Å²) in [7, 11) is 0. The number of ether oxygens (including phenoxy) is 1. The van der Waals surface area contributed by atoms with Crippen LogP contribution in [0.2, 0.25) is 0 Å². The van der Waals surface area contributed by atoms with E-state index >= 15 is 0 Å². The van der Waals surface area contributed by atoms with Gasteiger partial charge in [-0.05, 0) is 32.0 Å². The van der Waals surface area contributed by atoms with E-state index in [1.807, 2.05) is 37.3 Å². The van der Waals surface area contributed by atoms with Crippen molar-refractivity contribution in [3.05, 3.63) is 30.3 Å². The Balaban J connectivity index is 2.36. The summed E-state index contributed by atoms with van der Waals surface area (Å²) in [5.41, 5.74) is -0.495. The molecule has 0 aliphatic carbocycles. The number of rotatable bonds is 7. The Morgan fingerprint density at radius 3 is 2.65 bits per heavy atom. The molecule has 1 unspecified atom stereocenters. The van der Waals surface area contributed by atoms with Gasteiger partial charge >= 0.3 is 0 Å². The molecule has 0 saturated carbocycles. The van der Waals surface area contributed by atoms with Crippen LogP contribution in [0.3, 0.4) is 0 Å². The highest BCUT2D eigenvalue weighted by Gasteiger charge is 2.22. The van der Waals surface area contributed by atoms with Crippen molar-refractivity contribution in [1.29, 1.82) is 5.26 Å². The second kappa shape index (κ2) is 6.93. The summed E-state index contributed by atoms with van der Waals surface area (Å²) in [6.45, 7) is 5.41. The van der Waals surface area contributed by atoms with Gasteiger partial charge < -0.3 is 4.74 Å². The Labute approximate surface area is 103 Å². The van der Waals surface area contributed by atoms with Crippen LogP contribution in [-0.4, -0.2) is 18.7 Å². The number of para-hydroxylation sites is 1. The molecule has 3 nitrogen and oxygen atoms in total. The highest BCUT2D eigenvalue weighted by molar-refractivity contribution is 5.21. The van der Waals surface area contributed by atoms with Gasteiger partial charge in [0.1, 0.15) is 11.3 Å². The number of nitriles is 1. The van der Waals surface area contributed by atoms with Crippen LogP contribution >= 0.6 is 0 Å². The molecule has 1 N–H and O–H groups in total. The van der Waals surface area contributed by atoms with E-state index in [0.29, 0.717) is 13.0 Å². The van der Waals surface area contributed by atoms with Crippen molar-refractivity contribution in [2.24, 2.45) is 0 Å². The standard InChI is InChI=1S/C14H20N2O/c1-3-10-16-14(2,12-15)9-11-17-13-7-5-4-6-8-13/h4-8,16H,3,9-11H2,1-2H3. The lowest BCUT2D eigenvalue weighted by atomic mass is 10.0. The van der Waals surface area contributed by atoms with Gasteiger partial charge in [0.15, 0.2) is 0 Å². The number of nitrogens with zero attached hydrogens (tertiary/aromatic N) is 1. The van der Waals surface area contributed by atoms with E-state index in [1.165, 1.54) is 0 Å². The second-order valence-corrected chi connectivity index (χ2v) is 4.28. The van der Waals surface area contributed by atoms with Crippen LogP contribution in [0, 0.1) is 11.3 Å². The van der Waals surface area contributed by atoms with Gasteiger partial charge in [0.25, 0.3) is 0 Å². The maximum atomic E-state index is 9.14. The second-order valence-electron chi connectivity index (χ2n) is 4.28. The topological polar surface area (TPSA) is 45.0 Å². The first-order valence-electron chi connectivity index (χ1n) is 6.04. The first-order valence-corrected chi connectivity index (χ1v) is 6.04. The predicted octanol–water partition coefficient (Wildman–Crippen LogP) is 2.74. The lowest BCUT2D eigenvalue weighted by Crippen LogP contribution is -2.42. The first kappa shape index (κ1) is 13.5. The van der Waals surface area contributed by atoms with Crippen molar-refractivity contribution in [3.63, 3.8) is 0 Å². The summed E-state index contributed by atoms with van der Waals surface area (Å²) in [6.07, 6.45) is 1.70. The molecule has 0 fully saturated rings. The van der Waals surface area contributed by atoms with Crippen LogP contribution in [0.4, 0.5) is 0 Å². The highest BCUT2D eigenvalue weighted by atomic mass is 16.5. The van der Waals surface area contributed by atoms with E-state index in [4.69, 9.17) is 10.00 Å². The lowest BCUT2D eigenvalue weighted by Gasteiger charge is -2.23. The summed E-state index contributed by atoms with van der Waals surface area (Å²) >= 11 is 0. The molecule has 0 aliphatic heterocycles. The van der Waals surface area contributed by atoms with Gasteiger partial charge in [-0.2, -0.15) is 5.26 Å². The minimum atomic E-state index is -0.495. The normalized spacial score (nSPS) is 13.7. The van der Waals surface area contributed by atoms with Crippen LogP contribution in [0.5, 0.6) is 5.75 Å². The van der Waals surface area contributed by atoms with Gasteiger partial charge in [-0.25, -0.2) is 0 Å². The smallest absolute Gasteiger partial charge is 0.119 e. The molecule has 0 amide bonds. The maximum Gasteiger partial charge on any atom is 0.119 e. The Hall–Kier alpha value is -1.53. The highest BCUT2D eigenvalue weighted by Crippen LogP contribution is 2.12. The van der Waals surface area contributed by atoms with Crippen molar-refractivity contribution in [1.82, 2.24) is 5.32 Å². The molecule has 92 valence electrons. The number of hydrogen-bond acceptors (Lipinski definition) is 3. The quantitative estimate of drug-likeness (QED) is 0.786. The van der Waals surface area contributed by atoms with E-state index in [0.717, 1.165) is 18.7 Å². The average molecular weight is 232 g/mol. The molecule has 0 aliphatic rings. The van der Waals surface area contributed by atoms with Gasteiger partial charge in [-0.15, -0.1) is 0 Å². The summed E-state index contributed by atoms with van der Waals surface area (Å²) in [6, 6.07) is 12.0. The summed E-state index contributed by atoms with van der Waals surface area (Å²) < 4.78 is 5.59. The van der Waals surface area contributed by atoms with Crippen LogP contribution in [0.1, 0.15) is 26.7 Å². The zero-order valence-electron chi connectivity index (χ0n) is 10.6. The SMILES string of the molecule is CCCNC(C)(C#N)CCOc1ccccc1. The fraction of sp³-hybridized carbons (Fsp3) is 0.500. The first-order chi connectivity index (χ1) is 8.20. The largest absolute Gasteiger partial charge is 0.493 e. The zero-order chi connectivity index (χ0) is 12.6. The predicted molar refractivity (Wildman–Crippen MR) is 68.9 cm³/mol. The summed E-state index contributed by atoms with van der Waals surface area (Å²) in [5.74, 6) is 0.850. The van der Waals surface area contributed by atoms with Crippen LogP contribution < -0.4 is 10.1 Å². The van der Waals surface area contributed by atoms with E-state index < -0.39 is 5.54 Å². The van der Waals surface area contributed by atoms with Crippen molar-refractivity contribution < 1.29 is 4.74 Å². The van der Waals surface area contributed by atoms with Crippen molar-refractivity contribution in [3.8, 4) is 11.8 Å². The molecular weight excluding hydrogens is 212 g/mol. The molecule has 0 heterocycles. The van der Waals surface area contributed by atoms with Crippen molar-refractivity contribution in [2.45, 2.75) is 32.2 Å².